The monoisotopic (exact) mass is 447 g/mol. The molecular formula is C24H21N3O4S. The lowest BCUT2D eigenvalue weighted by Gasteiger charge is -2.20. The van der Waals surface area contributed by atoms with Crippen LogP contribution >= 0.6 is 0 Å². The zero-order valence-corrected chi connectivity index (χ0v) is 18.2. The first kappa shape index (κ1) is 20.3. The SMILES string of the molecule is CS(=O)(=O)c1ccc(C(=O)N2CCOc3ccc(-c4ccc5nc[nH]c5c4)cc3C2)cc1. The first-order valence-corrected chi connectivity index (χ1v) is 12.1. The molecule has 32 heavy (non-hydrogen) atoms. The summed E-state index contributed by atoms with van der Waals surface area (Å²) in [6, 6.07) is 18.1. The van der Waals surface area contributed by atoms with E-state index in [0.29, 0.717) is 25.3 Å². The fourth-order valence-corrected chi connectivity index (χ4v) is 4.52. The lowest BCUT2D eigenvalue weighted by Crippen LogP contribution is -2.32. The molecule has 0 saturated carbocycles. The molecule has 1 aromatic heterocycles. The predicted molar refractivity (Wildman–Crippen MR) is 121 cm³/mol. The van der Waals surface area contributed by atoms with Gasteiger partial charge in [-0.3, -0.25) is 4.79 Å². The Morgan fingerprint density at radius 3 is 2.56 bits per heavy atom. The van der Waals surface area contributed by atoms with Crippen molar-refractivity contribution < 1.29 is 17.9 Å². The van der Waals surface area contributed by atoms with Gasteiger partial charge in [0, 0.05) is 23.9 Å². The number of carbonyl (C=O) groups excluding carboxylic acids is 1. The van der Waals surface area contributed by atoms with Crippen LogP contribution in [-0.2, 0) is 16.4 Å². The van der Waals surface area contributed by atoms with Gasteiger partial charge in [0.15, 0.2) is 9.84 Å². The van der Waals surface area contributed by atoms with E-state index < -0.39 is 9.84 Å². The highest BCUT2D eigenvalue weighted by Crippen LogP contribution is 2.31. The fourth-order valence-electron chi connectivity index (χ4n) is 3.89. The molecule has 4 aromatic rings. The molecule has 1 amide bonds. The Balaban J connectivity index is 1.43. The lowest BCUT2D eigenvalue weighted by molar-refractivity contribution is 0.0733. The van der Waals surface area contributed by atoms with Gasteiger partial charge in [-0.1, -0.05) is 12.1 Å². The van der Waals surface area contributed by atoms with Gasteiger partial charge < -0.3 is 14.6 Å². The number of hydrogen-bond acceptors (Lipinski definition) is 5. The fraction of sp³-hybridized carbons (Fsp3) is 0.167. The molecule has 8 heteroatoms. The van der Waals surface area contributed by atoms with Crippen molar-refractivity contribution >= 4 is 26.8 Å². The number of amides is 1. The maximum atomic E-state index is 13.1. The third-order valence-corrected chi connectivity index (χ3v) is 6.74. The summed E-state index contributed by atoms with van der Waals surface area (Å²) in [4.78, 5) is 22.4. The van der Waals surface area contributed by atoms with Crippen LogP contribution in [0.2, 0.25) is 0 Å². The molecule has 0 fully saturated rings. The first-order chi connectivity index (χ1) is 15.4. The number of H-pyrrole nitrogens is 1. The quantitative estimate of drug-likeness (QED) is 0.517. The van der Waals surface area contributed by atoms with E-state index in [0.717, 1.165) is 39.7 Å². The number of nitrogens with one attached hydrogen (secondary N) is 1. The second kappa shape index (κ2) is 7.80. The molecule has 0 unspecified atom stereocenters. The minimum absolute atomic E-state index is 0.161. The van der Waals surface area contributed by atoms with E-state index in [4.69, 9.17) is 4.74 Å². The number of aromatic amines is 1. The molecule has 0 saturated heterocycles. The number of rotatable bonds is 3. The number of ether oxygens (including phenoxy) is 1. The van der Waals surface area contributed by atoms with Crippen molar-refractivity contribution in [3.05, 3.63) is 78.1 Å². The topological polar surface area (TPSA) is 92.4 Å². The van der Waals surface area contributed by atoms with Crippen LogP contribution in [0.25, 0.3) is 22.2 Å². The third-order valence-electron chi connectivity index (χ3n) is 5.61. The Hall–Kier alpha value is -3.65. The van der Waals surface area contributed by atoms with Crippen LogP contribution in [0.5, 0.6) is 5.75 Å². The number of benzene rings is 3. The van der Waals surface area contributed by atoms with Gasteiger partial charge in [0.2, 0.25) is 0 Å². The molecule has 162 valence electrons. The van der Waals surface area contributed by atoms with Crippen LogP contribution in [-0.4, -0.2) is 48.6 Å². The zero-order chi connectivity index (χ0) is 22.3. The average Bonchev–Trinajstić information content (AvgIpc) is 3.15. The third kappa shape index (κ3) is 3.85. The Morgan fingerprint density at radius 1 is 1.03 bits per heavy atom. The minimum Gasteiger partial charge on any atom is -0.491 e. The van der Waals surface area contributed by atoms with Crippen LogP contribution in [0.4, 0.5) is 0 Å². The molecular weight excluding hydrogens is 426 g/mol. The van der Waals surface area contributed by atoms with Crippen LogP contribution in [0.15, 0.2) is 71.9 Å². The lowest BCUT2D eigenvalue weighted by atomic mass is 10.0. The number of carbonyl (C=O) groups is 1. The molecule has 0 atom stereocenters. The zero-order valence-electron chi connectivity index (χ0n) is 17.4. The summed E-state index contributed by atoms with van der Waals surface area (Å²) in [5, 5.41) is 0. The number of aromatic nitrogens is 2. The van der Waals surface area contributed by atoms with Crippen molar-refractivity contribution in [1.29, 1.82) is 0 Å². The second-order valence-corrected chi connectivity index (χ2v) is 9.84. The van der Waals surface area contributed by atoms with Gasteiger partial charge in [-0.15, -0.1) is 0 Å². The Kier molecular flexibility index (Phi) is 4.94. The van der Waals surface area contributed by atoms with E-state index in [2.05, 4.69) is 9.97 Å². The van der Waals surface area contributed by atoms with Crippen molar-refractivity contribution in [2.45, 2.75) is 11.4 Å². The Bertz CT molecular complexity index is 1430. The molecule has 2 heterocycles. The van der Waals surface area contributed by atoms with Crippen LogP contribution in [0.1, 0.15) is 15.9 Å². The highest BCUT2D eigenvalue weighted by Gasteiger charge is 2.22. The summed E-state index contributed by atoms with van der Waals surface area (Å²) in [7, 11) is -3.31. The maximum Gasteiger partial charge on any atom is 0.254 e. The van der Waals surface area contributed by atoms with Crippen molar-refractivity contribution in [2.75, 3.05) is 19.4 Å². The van der Waals surface area contributed by atoms with E-state index in [1.807, 2.05) is 36.4 Å². The van der Waals surface area contributed by atoms with Gasteiger partial charge in [0.25, 0.3) is 5.91 Å². The second-order valence-electron chi connectivity index (χ2n) is 7.83. The summed E-state index contributed by atoms with van der Waals surface area (Å²) in [5.74, 6) is 0.602. The number of nitrogens with zero attached hydrogens (tertiary/aromatic N) is 2. The smallest absolute Gasteiger partial charge is 0.254 e. The molecule has 1 aliphatic heterocycles. The van der Waals surface area contributed by atoms with Gasteiger partial charge in [0.1, 0.15) is 12.4 Å². The summed E-state index contributed by atoms with van der Waals surface area (Å²) in [6.45, 7) is 1.23. The molecule has 7 nitrogen and oxygen atoms in total. The van der Waals surface area contributed by atoms with Crippen molar-refractivity contribution in [3.8, 4) is 16.9 Å². The summed E-state index contributed by atoms with van der Waals surface area (Å²) >= 11 is 0. The maximum absolute atomic E-state index is 13.1. The standard InChI is InChI=1S/C24H21N3O4S/c1-32(29,30)20-6-2-16(3-7-20)24(28)27-10-11-31-23-9-5-17(12-19(23)14-27)18-4-8-21-22(13-18)26-15-25-21/h2-9,12-13,15H,10-11,14H2,1H3,(H,25,26). The molecule has 1 aliphatic rings. The van der Waals surface area contributed by atoms with E-state index in [1.165, 1.54) is 12.1 Å². The van der Waals surface area contributed by atoms with Crippen molar-refractivity contribution in [2.24, 2.45) is 0 Å². The number of imidazole rings is 1. The summed E-state index contributed by atoms with van der Waals surface area (Å²) in [6.07, 6.45) is 2.82. The summed E-state index contributed by atoms with van der Waals surface area (Å²) < 4.78 is 29.3. The average molecular weight is 448 g/mol. The molecule has 5 rings (SSSR count). The Labute approximate surface area is 185 Å². The van der Waals surface area contributed by atoms with Gasteiger partial charge in [-0.25, -0.2) is 13.4 Å². The van der Waals surface area contributed by atoms with E-state index in [9.17, 15) is 13.2 Å². The number of sulfone groups is 1. The highest BCUT2D eigenvalue weighted by atomic mass is 32.2. The minimum atomic E-state index is -3.31. The normalized spacial score (nSPS) is 14.0. The molecule has 0 radical (unpaired) electrons. The van der Waals surface area contributed by atoms with E-state index in [-0.39, 0.29) is 10.8 Å². The van der Waals surface area contributed by atoms with E-state index in [1.54, 1.807) is 23.4 Å². The molecule has 1 N–H and O–H groups in total. The van der Waals surface area contributed by atoms with Crippen molar-refractivity contribution in [1.82, 2.24) is 14.9 Å². The predicted octanol–water partition coefficient (Wildman–Crippen LogP) is 3.67. The Morgan fingerprint density at radius 2 is 1.78 bits per heavy atom. The molecule has 0 bridgehead atoms. The van der Waals surface area contributed by atoms with Gasteiger partial charge in [0.05, 0.1) is 28.8 Å². The van der Waals surface area contributed by atoms with Crippen molar-refractivity contribution in [3.63, 3.8) is 0 Å². The van der Waals surface area contributed by atoms with Gasteiger partial charge >= 0.3 is 0 Å². The molecule has 0 aliphatic carbocycles. The van der Waals surface area contributed by atoms with Gasteiger partial charge in [-0.05, 0) is 59.7 Å². The largest absolute Gasteiger partial charge is 0.491 e. The van der Waals surface area contributed by atoms with E-state index >= 15 is 0 Å². The van der Waals surface area contributed by atoms with Gasteiger partial charge in [-0.2, -0.15) is 0 Å². The summed E-state index contributed by atoms with van der Waals surface area (Å²) in [5.41, 5.74) is 5.31. The van der Waals surface area contributed by atoms with Crippen LogP contribution < -0.4 is 4.74 Å². The highest BCUT2D eigenvalue weighted by molar-refractivity contribution is 7.90. The molecule has 3 aromatic carbocycles. The van der Waals surface area contributed by atoms with Crippen LogP contribution in [0.3, 0.4) is 0 Å². The first-order valence-electron chi connectivity index (χ1n) is 10.2. The number of hydrogen-bond donors (Lipinski definition) is 1. The van der Waals surface area contributed by atoms with Crippen LogP contribution in [0, 0.1) is 0 Å². The molecule has 0 spiro atoms. The number of fused-ring (bicyclic) bond motifs is 2.